The summed E-state index contributed by atoms with van der Waals surface area (Å²) >= 11 is 0. The summed E-state index contributed by atoms with van der Waals surface area (Å²) in [5.41, 5.74) is 0. The molecule has 0 aliphatic carbocycles. The van der Waals surface area contributed by atoms with E-state index in [0.29, 0.717) is 13.1 Å². The lowest BCUT2D eigenvalue weighted by Gasteiger charge is -2.24. The second-order valence-electron chi connectivity index (χ2n) is 13.6. The SMILES string of the molecule is CCNC(=O)C(C)CN(C)C(=O)CC(=O)N(C)CC(C)C(=O)NCS(=O)(=O)O.CCNC(=O)C(C)CN(C)C(=O)NCNC(=O)N(C)CC(C)C(=O)NCS(=O)(=O)O. The van der Waals surface area contributed by atoms with Gasteiger partial charge in [0.1, 0.15) is 18.2 Å². The number of hydrogen-bond donors (Lipinski definition) is 8. The van der Waals surface area contributed by atoms with Gasteiger partial charge in [0.15, 0.2) is 0 Å². The molecule has 0 rings (SSSR count). The third-order valence-corrected chi connectivity index (χ3v) is 8.89. The van der Waals surface area contributed by atoms with Crippen LogP contribution < -0.4 is 31.9 Å². The number of urea groups is 2. The number of hydrogen-bond acceptors (Lipinski definition) is 12. The minimum absolute atomic E-state index is 0.0267. The minimum Gasteiger partial charge on any atom is -0.356 e. The van der Waals surface area contributed by atoms with Gasteiger partial charge in [-0.2, -0.15) is 16.8 Å². The fourth-order valence-corrected chi connectivity index (χ4v) is 5.23. The van der Waals surface area contributed by atoms with Crippen LogP contribution in [0.3, 0.4) is 0 Å². The van der Waals surface area contributed by atoms with Crippen LogP contribution in [0, 0.1) is 23.7 Å². The van der Waals surface area contributed by atoms with Crippen molar-refractivity contribution in [3.63, 3.8) is 0 Å². The van der Waals surface area contributed by atoms with E-state index in [1.165, 1.54) is 61.6 Å². The Kier molecular flexibility index (Phi) is 25.7. The zero-order valence-electron chi connectivity index (χ0n) is 34.8. The molecule has 0 bridgehead atoms. The van der Waals surface area contributed by atoms with Gasteiger partial charge in [-0.1, -0.05) is 27.7 Å². The van der Waals surface area contributed by atoms with Crippen molar-refractivity contribution in [3.05, 3.63) is 0 Å². The van der Waals surface area contributed by atoms with Gasteiger partial charge < -0.3 is 51.5 Å². The Hall–Kier alpha value is -4.82. The first-order valence-electron chi connectivity index (χ1n) is 18.0. The van der Waals surface area contributed by atoms with Gasteiger partial charge in [-0.15, -0.1) is 0 Å². The number of rotatable bonds is 22. The summed E-state index contributed by atoms with van der Waals surface area (Å²) in [5.74, 6) is -6.76. The van der Waals surface area contributed by atoms with Crippen molar-refractivity contribution in [2.24, 2.45) is 23.7 Å². The molecule has 0 spiro atoms. The predicted molar refractivity (Wildman–Crippen MR) is 210 cm³/mol. The first-order valence-corrected chi connectivity index (χ1v) is 21.2. The zero-order chi connectivity index (χ0) is 45.6. The van der Waals surface area contributed by atoms with E-state index in [4.69, 9.17) is 9.11 Å². The summed E-state index contributed by atoms with van der Waals surface area (Å²) in [4.78, 5) is 100. The van der Waals surface area contributed by atoms with Crippen LogP contribution >= 0.6 is 0 Å². The predicted octanol–water partition coefficient (Wildman–Crippen LogP) is -2.74. The van der Waals surface area contributed by atoms with Gasteiger partial charge in [-0.3, -0.25) is 37.9 Å². The van der Waals surface area contributed by atoms with Crippen molar-refractivity contribution >= 4 is 67.7 Å². The molecule has 336 valence electrons. The van der Waals surface area contributed by atoms with Gasteiger partial charge in [-0.05, 0) is 13.8 Å². The molecule has 24 nitrogen and oxygen atoms in total. The molecule has 4 atom stereocenters. The largest absolute Gasteiger partial charge is 0.356 e. The van der Waals surface area contributed by atoms with Gasteiger partial charge in [0.25, 0.3) is 20.2 Å². The highest BCUT2D eigenvalue weighted by Crippen LogP contribution is 2.05. The molecule has 0 saturated heterocycles. The molecule has 0 aliphatic heterocycles. The highest BCUT2D eigenvalue weighted by atomic mass is 32.2. The van der Waals surface area contributed by atoms with Crippen LogP contribution in [0.4, 0.5) is 9.59 Å². The zero-order valence-corrected chi connectivity index (χ0v) is 36.4. The highest BCUT2D eigenvalue weighted by Gasteiger charge is 2.25. The summed E-state index contributed by atoms with van der Waals surface area (Å²) in [6, 6.07) is -1.05. The maximum Gasteiger partial charge on any atom is 0.318 e. The minimum atomic E-state index is -4.33. The van der Waals surface area contributed by atoms with E-state index in [-0.39, 0.29) is 44.7 Å². The second-order valence-corrected chi connectivity index (χ2v) is 16.5. The van der Waals surface area contributed by atoms with E-state index < -0.39 is 97.8 Å². The van der Waals surface area contributed by atoms with Gasteiger partial charge in [-0.25, -0.2) is 9.59 Å². The summed E-state index contributed by atoms with van der Waals surface area (Å²) in [7, 11) is -2.81. The van der Waals surface area contributed by atoms with Crippen molar-refractivity contribution in [1.82, 2.24) is 51.5 Å². The maximum absolute atomic E-state index is 12.2. The summed E-state index contributed by atoms with van der Waals surface area (Å²) in [6.45, 7) is 11.0. The molecule has 58 heavy (non-hydrogen) atoms. The fraction of sp³-hybridized carbons (Fsp3) is 0.750. The molecule has 26 heteroatoms. The lowest BCUT2D eigenvalue weighted by atomic mass is 10.1. The number of nitrogens with one attached hydrogen (secondary N) is 6. The van der Waals surface area contributed by atoms with Crippen LogP contribution in [0.2, 0.25) is 0 Å². The third kappa shape index (κ3) is 25.4. The van der Waals surface area contributed by atoms with E-state index in [1.807, 2.05) is 10.6 Å². The third-order valence-electron chi connectivity index (χ3n) is 7.87. The van der Waals surface area contributed by atoms with Crippen LogP contribution in [0.5, 0.6) is 0 Å². The van der Waals surface area contributed by atoms with Crippen molar-refractivity contribution < 1.29 is 64.3 Å². The van der Waals surface area contributed by atoms with E-state index in [2.05, 4.69) is 21.3 Å². The molecule has 0 aliphatic rings. The summed E-state index contributed by atoms with van der Waals surface area (Å²) in [5, 5.41) is 14.3. The van der Waals surface area contributed by atoms with E-state index in [1.54, 1.807) is 27.7 Å². The van der Waals surface area contributed by atoms with Crippen LogP contribution in [-0.2, 0) is 49.0 Å². The summed E-state index contributed by atoms with van der Waals surface area (Å²) < 4.78 is 59.8. The van der Waals surface area contributed by atoms with Crippen molar-refractivity contribution in [3.8, 4) is 0 Å². The lowest BCUT2D eigenvalue weighted by molar-refractivity contribution is -0.140. The fourth-order valence-electron chi connectivity index (χ4n) is 4.58. The second kappa shape index (κ2) is 27.0. The normalized spacial score (nSPS) is 13.0. The molecular weight excluding hydrogens is 813 g/mol. The number of nitrogens with zero attached hydrogens (tertiary/aromatic N) is 4. The van der Waals surface area contributed by atoms with Crippen molar-refractivity contribution in [1.29, 1.82) is 0 Å². The molecule has 0 heterocycles. The monoisotopic (exact) mass is 874 g/mol. The van der Waals surface area contributed by atoms with Crippen LogP contribution in [-0.4, -0.2) is 179 Å². The van der Waals surface area contributed by atoms with Crippen LogP contribution in [0.1, 0.15) is 48.0 Å². The van der Waals surface area contributed by atoms with Gasteiger partial charge >= 0.3 is 12.1 Å². The maximum atomic E-state index is 12.2. The topological polar surface area (TPSA) is 330 Å². The van der Waals surface area contributed by atoms with Gasteiger partial charge in [0.05, 0.1) is 30.3 Å². The van der Waals surface area contributed by atoms with Crippen molar-refractivity contribution in [2.45, 2.75) is 48.0 Å². The number of amides is 10. The molecule has 4 unspecified atom stereocenters. The molecular formula is C32H62N10O14S2. The van der Waals surface area contributed by atoms with E-state index >= 15 is 0 Å². The molecule has 0 aromatic rings. The van der Waals surface area contributed by atoms with Crippen LogP contribution in [0.15, 0.2) is 0 Å². The molecule has 0 aromatic heterocycles. The molecule has 0 aromatic carbocycles. The van der Waals surface area contributed by atoms with Gasteiger partial charge in [0.2, 0.25) is 35.4 Å². The average molecular weight is 875 g/mol. The Labute approximate surface area is 340 Å². The Morgan fingerprint density at radius 3 is 0.983 bits per heavy atom. The Morgan fingerprint density at radius 2 is 0.724 bits per heavy atom. The highest BCUT2D eigenvalue weighted by molar-refractivity contribution is 7.86. The quantitative estimate of drug-likeness (QED) is 0.0311. The van der Waals surface area contributed by atoms with Crippen LogP contribution in [0.25, 0.3) is 0 Å². The molecule has 0 saturated carbocycles. The Morgan fingerprint density at radius 1 is 0.466 bits per heavy atom. The molecule has 0 fully saturated rings. The van der Waals surface area contributed by atoms with Gasteiger partial charge in [0, 0.05) is 67.5 Å². The number of carbonyl (C=O) groups is 8. The number of carbonyl (C=O) groups excluding carboxylic acids is 8. The average Bonchev–Trinajstić information content (AvgIpc) is 3.11. The molecule has 0 radical (unpaired) electrons. The first-order chi connectivity index (χ1) is 26.6. The van der Waals surface area contributed by atoms with Crippen molar-refractivity contribution in [2.75, 3.05) is 85.9 Å². The smallest absolute Gasteiger partial charge is 0.318 e. The summed E-state index contributed by atoms with van der Waals surface area (Å²) in [6.07, 6.45) is -0.422. The first kappa shape index (κ1) is 55.3. The van der Waals surface area contributed by atoms with E-state index in [0.717, 1.165) is 0 Å². The molecule has 10 amide bonds. The Bertz CT molecular complexity index is 1630. The van der Waals surface area contributed by atoms with E-state index in [9.17, 15) is 55.2 Å². The Balaban J connectivity index is 0. The standard InChI is InChI=1S/C16H32N6O7S.C16H30N4O7S/c1-6-17-13(23)11(2)7-21(4)15(25)18-9-19-16(26)22(5)8-12(3)14(24)20-10-30(27,28)29;1-6-17-15(23)11(2)8-19(4)13(21)7-14(22)20(5)9-12(3)16(24)18-10-28(25,26)27/h11-12H,6-10H2,1-5H3,(H,17,23)(H,18,25)(H,19,26)(H,20,24)(H,27,28,29);11-12H,6-10H2,1-5H3,(H,17,23)(H,18,24)(H,25,26,27). The lowest BCUT2D eigenvalue weighted by Crippen LogP contribution is -2.49. The molecule has 8 N–H and O–H groups in total.